The summed E-state index contributed by atoms with van der Waals surface area (Å²) in [5.41, 5.74) is 1.71. The molecule has 0 unspecified atom stereocenters. The van der Waals surface area contributed by atoms with Crippen LogP contribution in [0.4, 0.5) is 0 Å². The number of aryl methyl sites for hydroxylation is 1. The van der Waals surface area contributed by atoms with Gasteiger partial charge < -0.3 is 14.6 Å². The lowest BCUT2D eigenvalue weighted by atomic mass is 9.89. The van der Waals surface area contributed by atoms with Gasteiger partial charge in [0.2, 0.25) is 0 Å². The Kier molecular flexibility index (Phi) is 4.89. The molecule has 2 heterocycles. The summed E-state index contributed by atoms with van der Waals surface area (Å²) in [6.45, 7) is 9.85. The molecule has 1 aliphatic heterocycles. The number of hydrogen-bond acceptors (Lipinski definition) is 3. The minimum atomic E-state index is -0.354. The zero-order chi connectivity index (χ0) is 18.2. The highest BCUT2D eigenvalue weighted by Gasteiger charge is 2.28. The highest BCUT2D eigenvalue weighted by Crippen LogP contribution is 2.22. The van der Waals surface area contributed by atoms with E-state index in [0.717, 1.165) is 29.7 Å². The van der Waals surface area contributed by atoms with Crippen molar-refractivity contribution in [2.24, 2.45) is 12.5 Å². The topological polar surface area (TPSA) is 48.7 Å². The van der Waals surface area contributed by atoms with E-state index in [1.165, 1.54) is 0 Å². The molecule has 25 heavy (non-hydrogen) atoms. The first-order valence-corrected chi connectivity index (χ1v) is 9.01. The lowest BCUT2D eigenvalue weighted by molar-refractivity contribution is 0.0135. The summed E-state index contributed by atoms with van der Waals surface area (Å²) in [4.78, 5) is 17.1. The second-order valence-electron chi connectivity index (χ2n) is 8.12. The number of amides is 1. The third kappa shape index (κ3) is 3.72. The van der Waals surface area contributed by atoms with Crippen molar-refractivity contribution in [1.82, 2.24) is 14.4 Å². The average Bonchev–Trinajstić information content (AvgIpc) is 2.91. The molecular formula is C20H29N3O2. The summed E-state index contributed by atoms with van der Waals surface area (Å²) in [5.74, 6) is 0.0923. The van der Waals surface area contributed by atoms with Crippen LogP contribution in [0.15, 0.2) is 30.3 Å². The maximum atomic E-state index is 12.9. The van der Waals surface area contributed by atoms with Gasteiger partial charge >= 0.3 is 0 Å². The number of carbonyl (C=O) groups is 1. The smallest absolute Gasteiger partial charge is 0.270 e. The molecule has 0 bridgehead atoms. The van der Waals surface area contributed by atoms with Crippen molar-refractivity contribution in [2.45, 2.75) is 26.9 Å². The second-order valence-corrected chi connectivity index (χ2v) is 8.12. The van der Waals surface area contributed by atoms with E-state index in [9.17, 15) is 9.90 Å². The predicted octanol–water partition coefficient (Wildman–Crippen LogP) is 2.34. The number of aromatic nitrogens is 1. The molecular weight excluding hydrogens is 314 g/mol. The molecule has 0 radical (unpaired) electrons. The first kappa shape index (κ1) is 18.0. The molecule has 1 amide bonds. The summed E-state index contributed by atoms with van der Waals surface area (Å²) >= 11 is 0. The van der Waals surface area contributed by atoms with Crippen LogP contribution in [0.5, 0.6) is 0 Å². The zero-order valence-electron chi connectivity index (χ0n) is 15.7. The van der Waals surface area contributed by atoms with Crippen molar-refractivity contribution >= 4 is 16.8 Å². The number of β-amino-alcohol motifs (C(OH)–C–C–N with tert-alkyl or cyclic N) is 1. The summed E-state index contributed by atoms with van der Waals surface area (Å²) in [6, 6.07) is 10.1. The van der Waals surface area contributed by atoms with Crippen molar-refractivity contribution in [3.63, 3.8) is 0 Å². The van der Waals surface area contributed by atoms with E-state index in [1.807, 2.05) is 46.8 Å². The van der Waals surface area contributed by atoms with Gasteiger partial charge in [-0.3, -0.25) is 9.69 Å². The molecule has 0 spiro atoms. The van der Waals surface area contributed by atoms with Gasteiger partial charge in [0.15, 0.2) is 0 Å². The van der Waals surface area contributed by atoms with Crippen molar-refractivity contribution in [3.8, 4) is 0 Å². The highest BCUT2D eigenvalue weighted by atomic mass is 16.3. The predicted molar refractivity (Wildman–Crippen MR) is 101 cm³/mol. The molecule has 1 aromatic heterocycles. The molecule has 3 rings (SSSR count). The molecule has 1 fully saturated rings. The molecule has 2 aromatic rings. The fraction of sp³-hybridized carbons (Fsp3) is 0.550. The van der Waals surface area contributed by atoms with Crippen LogP contribution < -0.4 is 0 Å². The SMILES string of the molecule is Cn1c(C(=O)N2CCN(C[C@@H](O)C(C)(C)C)CC2)cc2ccccc21. The number of para-hydroxylation sites is 1. The molecule has 1 aliphatic rings. The number of hydrogen-bond donors (Lipinski definition) is 1. The molecule has 136 valence electrons. The number of rotatable bonds is 3. The lowest BCUT2D eigenvalue weighted by Gasteiger charge is -2.38. The number of fused-ring (bicyclic) bond motifs is 1. The number of aliphatic hydroxyl groups is 1. The van der Waals surface area contributed by atoms with Gasteiger partial charge in [-0.05, 0) is 17.5 Å². The van der Waals surface area contributed by atoms with Gasteiger partial charge in [0.05, 0.1) is 6.10 Å². The summed E-state index contributed by atoms with van der Waals surface area (Å²) in [7, 11) is 1.95. The third-order valence-corrected chi connectivity index (χ3v) is 5.26. The van der Waals surface area contributed by atoms with Gasteiger partial charge in [0, 0.05) is 50.7 Å². The third-order valence-electron chi connectivity index (χ3n) is 5.26. The van der Waals surface area contributed by atoms with Crippen LogP contribution in [0.25, 0.3) is 10.9 Å². The van der Waals surface area contributed by atoms with Gasteiger partial charge in [-0.25, -0.2) is 0 Å². The Labute approximate surface area is 149 Å². The molecule has 5 nitrogen and oxygen atoms in total. The van der Waals surface area contributed by atoms with Gasteiger partial charge in [-0.1, -0.05) is 39.0 Å². The Balaban J connectivity index is 1.64. The van der Waals surface area contributed by atoms with Gasteiger partial charge in [-0.15, -0.1) is 0 Å². The number of aliphatic hydroxyl groups excluding tert-OH is 1. The second kappa shape index (κ2) is 6.81. The Bertz CT molecular complexity index is 752. The monoisotopic (exact) mass is 343 g/mol. The Hall–Kier alpha value is -1.85. The van der Waals surface area contributed by atoms with E-state index in [0.29, 0.717) is 19.6 Å². The van der Waals surface area contributed by atoms with E-state index in [-0.39, 0.29) is 17.4 Å². The highest BCUT2D eigenvalue weighted by molar-refractivity contribution is 5.98. The summed E-state index contributed by atoms with van der Waals surface area (Å²) < 4.78 is 1.98. The summed E-state index contributed by atoms with van der Waals surface area (Å²) in [6.07, 6.45) is -0.354. The minimum absolute atomic E-state index is 0.0923. The van der Waals surface area contributed by atoms with Gasteiger partial charge in [0.1, 0.15) is 5.69 Å². The van der Waals surface area contributed by atoms with Crippen LogP contribution in [0.3, 0.4) is 0 Å². The average molecular weight is 343 g/mol. The minimum Gasteiger partial charge on any atom is -0.391 e. The van der Waals surface area contributed by atoms with Gasteiger partial charge in [-0.2, -0.15) is 0 Å². The van der Waals surface area contributed by atoms with Crippen LogP contribution in [0.1, 0.15) is 31.3 Å². The Morgan fingerprint density at radius 2 is 1.80 bits per heavy atom. The number of benzene rings is 1. The van der Waals surface area contributed by atoms with Gasteiger partial charge in [0.25, 0.3) is 5.91 Å². The van der Waals surface area contributed by atoms with Crippen molar-refractivity contribution in [2.75, 3.05) is 32.7 Å². The lowest BCUT2D eigenvalue weighted by Crippen LogP contribution is -2.51. The quantitative estimate of drug-likeness (QED) is 0.931. The van der Waals surface area contributed by atoms with E-state index in [2.05, 4.69) is 25.7 Å². The van der Waals surface area contributed by atoms with E-state index >= 15 is 0 Å². The number of nitrogens with zero attached hydrogens (tertiary/aromatic N) is 3. The van der Waals surface area contributed by atoms with Crippen LogP contribution in [-0.4, -0.2) is 64.2 Å². The molecule has 5 heteroatoms. The number of carbonyl (C=O) groups excluding carboxylic acids is 1. The van der Waals surface area contributed by atoms with E-state index in [1.54, 1.807) is 0 Å². The maximum Gasteiger partial charge on any atom is 0.270 e. The van der Waals surface area contributed by atoms with Crippen LogP contribution >= 0.6 is 0 Å². The largest absolute Gasteiger partial charge is 0.391 e. The fourth-order valence-corrected chi connectivity index (χ4v) is 3.31. The number of piperazine rings is 1. The van der Waals surface area contributed by atoms with Crippen LogP contribution in [0, 0.1) is 5.41 Å². The van der Waals surface area contributed by atoms with E-state index in [4.69, 9.17) is 0 Å². The molecule has 1 N–H and O–H groups in total. The molecule has 1 aromatic carbocycles. The first-order chi connectivity index (χ1) is 11.8. The fourth-order valence-electron chi connectivity index (χ4n) is 3.31. The molecule has 0 aliphatic carbocycles. The van der Waals surface area contributed by atoms with Crippen molar-refractivity contribution in [1.29, 1.82) is 0 Å². The zero-order valence-corrected chi connectivity index (χ0v) is 15.7. The Morgan fingerprint density at radius 3 is 2.40 bits per heavy atom. The standard InChI is InChI=1S/C20H29N3O2/c1-20(2,3)18(24)14-22-9-11-23(12-10-22)19(25)17-13-15-7-5-6-8-16(15)21(17)4/h5-8,13,18,24H,9-12,14H2,1-4H3/t18-/m1/s1. The van der Waals surface area contributed by atoms with Crippen molar-refractivity contribution in [3.05, 3.63) is 36.0 Å². The Morgan fingerprint density at radius 1 is 1.16 bits per heavy atom. The molecule has 1 saturated heterocycles. The van der Waals surface area contributed by atoms with Crippen LogP contribution in [-0.2, 0) is 7.05 Å². The summed E-state index contributed by atoms with van der Waals surface area (Å²) in [5, 5.41) is 11.4. The molecule has 1 atom stereocenters. The van der Waals surface area contributed by atoms with E-state index < -0.39 is 0 Å². The maximum absolute atomic E-state index is 12.9. The first-order valence-electron chi connectivity index (χ1n) is 9.01. The normalized spacial score (nSPS) is 17.9. The van der Waals surface area contributed by atoms with Crippen LogP contribution in [0.2, 0.25) is 0 Å². The van der Waals surface area contributed by atoms with Crippen molar-refractivity contribution < 1.29 is 9.90 Å². The molecule has 0 saturated carbocycles.